The molecular formula is C14H22N4S. The SMILES string of the molecule is CCN(CC)Cc1nc(NC)c2c(C)c(C)sc2n1. The molecule has 4 nitrogen and oxygen atoms in total. The van der Waals surface area contributed by atoms with E-state index in [1.165, 1.54) is 15.8 Å². The van der Waals surface area contributed by atoms with Crippen molar-refractivity contribution in [2.24, 2.45) is 0 Å². The Bertz CT molecular complexity index is 572. The lowest BCUT2D eigenvalue weighted by atomic mass is 10.2. The van der Waals surface area contributed by atoms with Crippen molar-refractivity contribution in [3.8, 4) is 0 Å². The predicted molar refractivity (Wildman–Crippen MR) is 83.1 cm³/mol. The molecule has 19 heavy (non-hydrogen) atoms. The molecule has 0 saturated heterocycles. The molecule has 104 valence electrons. The molecule has 2 aromatic heterocycles. The smallest absolute Gasteiger partial charge is 0.146 e. The zero-order valence-electron chi connectivity index (χ0n) is 12.4. The van der Waals surface area contributed by atoms with Gasteiger partial charge in [-0.05, 0) is 32.5 Å². The van der Waals surface area contributed by atoms with Crippen LogP contribution in [-0.4, -0.2) is 35.0 Å². The van der Waals surface area contributed by atoms with Crippen LogP contribution >= 0.6 is 11.3 Å². The minimum absolute atomic E-state index is 0.813. The fraction of sp³-hybridized carbons (Fsp3) is 0.571. The molecule has 0 saturated carbocycles. The lowest BCUT2D eigenvalue weighted by Crippen LogP contribution is -2.23. The van der Waals surface area contributed by atoms with Crippen LogP contribution in [0.4, 0.5) is 5.82 Å². The van der Waals surface area contributed by atoms with Gasteiger partial charge in [-0.15, -0.1) is 11.3 Å². The van der Waals surface area contributed by atoms with Gasteiger partial charge in [-0.25, -0.2) is 9.97 Å². The maximum absolute atomic E-state index is 4.73. The second-order valence-corrected chi connectivity index (χ2v) is 5.87. The first-order valence-corrected chi connectivity index (χ1v) is 7.59. The van der Waals surface area contributed by atoms with Crippen molar-refractivity contribution in [3.05, 3.63) is 16.3 Å². The normalized spacial score (nSPS) is 11.5. The van der Waals surface area contributed by atoms with Crippen LogP contribution < -0.4 is 5.32 Å². The van der Waals surface area contributed by atoms with Crippen molar-refractivity contribution >= 4 is 27.4 Å². The number of thiophene rings is 1. The van der Waals surface area contributed by atoms with E-state index in [4.69, 9.17) is 4.98 Å². The van der Waals surface area contributed by atoms with Crippen LogP contribution in [0.25, 0.3) is 10.2 Å². The molecule has 0 bridgehead atoms. The molecule has 0 fully saturated rings. The highest BCUT2D eigenvalue weighted by atomic mass is 32.1. The maximum atomic E-state index is 4.73. The van der Waals surface area contributed by atoms with Crippen molar-refractivity contribution in [1.82, 2.24) is 14.9 Å². The van der Waals surface area contributed by atoms with Gasteiger partial charge in [0.1, 0.15) is 16.5 Å². The molecule has 0 atom stereocenters. The summed E-state index contributed by atoms with van der Waals surface area (Å²) in [6, 6.07) is 0. The van der Waals surface area contributed by atoms with Gasteiger partial charge in [0.2, 0.25) is 0 Å². The van der Waals surface area contributed by atoms with E-state index in [2.05, 4.69) is 42.9 Å². The molecule has 0 aliphatic heterocycles. The fourth-order valence-electron chi connectivity index (χ4n) is 2.19. The van der Waals surface area contributed by atoms with Crippen molar-refractivity contribution in [2.45, 2.75) is 34.2 Å². The van der Waals surface area contributed by atoms with Gasteiger partial charge in [0, 0.05) is 11.9 Å². The Balaban J connectivity index is 2.47. The first-order valence-electron chi connectivity index (χ1n) is 6.77. The fourth-order valence-corrected chi connectivity index (χ4v) is 3.24. The summed E-state index contributed by atoms with van der Waals surface area (Å²) in [5.74, 6) is 1.86. The van der Waals surface area contributed by atoms with Gasteiger partial charge < -0.3 is 5.32 Å². The maximum Gasteiger partial charge on any atom is 0.146 e. The Morgan fingerprint density at radius 3 is 2.42 bits per heavy atom. The first-order chi connectivity index (χ1) is 9.10. The molecule has 0 aliphatic carbocycles. The molecular weight excluding hydrogens is 256 g/mol. The molecule has 0 radical (unpaired) electrons. The highest BCUT2D eigenvalue weighted by Crippen LogP contribution is 2.33. The number of rotatable bonds is 5. The molecule has 0 unspecified atom stereocenters. The van der Waals surface area contributed by atoms with E-state index in [0.717, 1.165) is 36.1 Å². The average Bonchev–Trinajstić information content (AvgIpc) is 2.70. The van der Waals surface area contributed by atoms with Crippen LogP contribution in [0.3, 0.4) is 0 Å². The second-order valence-electron chi connectivity index (χ2n) is 4.66. The van der Waals surface area contributed by atoms with Crippen LogP contribution in [0.2, 0.25) is 0 Å². The number of anilines is 1. The number of fused-ring (bicyclic) bond motifs is 1. The number of aryl methyl sites for hydroxylation is 2. The lowest BCUT2D eigenvalue weighted by molar-refractivity contribution is 0.289. The minimum Gasteiger partial charge on any atom is -0.372 e. The molecule has 5 heteroatoms. The van der Waals surface area contributed by atoms with E-state index in [1.807, 2.05) is 7.05 Å². The summed E-state index contributed by atoms with van der Waals surface area (Å²) < 4.78 is 0. The number of hydrogen-bond donors (Lipinski definition) is 1. The summed E-state index contributed by atoms with van der Waals surface area (Å²) in [7, 11) is 1.93. The van der Waals surface area contributed by atoms with Crippen molar-refractivity contribution in [3.63, 3.8) is 0 Å². The molecule has 2 heterocycles. The van der Waals surface area contributed by atoms with Crippen LogP contribution in [0.15, 0.2) is 0 Å². The summed E-state index contributed by atoms with van der Waals surface area (Å²) in [5.41, 5.74) is 1.29. The topological polar surface area (TPSA) is 41.1 Å². The van der Waals surface area contributed by atoms with Gasteiger partial charge in [-0.1, -0.05) is 13.8 Å². The van der Waals surface area contributed by atoms with Crippen LogP contribution in [0.1, 0.15) is 30.1 Å². The Morgan fingerprint density at radius 1 is 1.16 bits per heavy atom. The zero-order chi connectivity index (χ0) is 14.0. The van der Waals surface area contributed by atoms with E-state index in [9.17, 15) is 0 Å². The summed E-state index contributed by atoms with van der Waals surface area (Å²) in [6.07, 6.45) is 0. The van der Waals surface area contributed by atoms with Crippen molar-refractivity contribution in [2.75, 3.05) is 25.5 Å². The number of nitrogens with one attached hydrogen (secondary N) is 1. The van der Waals surface area contributed by atoms with Gasteiger partial charge in [-0.2, -0.15) is 0 Å². The van der Waals surface area contributed by atoms with Gasteiger partial charge >= 0.3 is 0 Å². The Morgan fingerprint density at radius 2 is 1.84 bits per heavy atom. The highest BCUT2D eigenvalue weighted by molar-refractivity contribution is 7.18. The van der Waals surface area contributed by atoms with Crippen molar-refractivity contribution in [1.29, 1.82) is 0 Å². The third kappa shape index (κ3) is 2.72. The van der Waals surface area contributed by atoms with Gasteiger partial charge in [0.05, 0.1) is 11.9 Å². The van der Waals surface area contributed by atoms with E-state index in [1.54, 1.807) is 11.3 Å². The van der Waals surface area contributed by atoms with Gasteiger partial charge in [0.25, 0.3) is 0 Å². The zero-order valence-corrected chi connectivity index (χ0v) is 13.2. The minimum atomic E-state index is 0.813. The summed E-state index contributed by atoms with van der Waals surface area (Å²) in [6.45, 7) is 11.5. The number of nitrogens with zero attached hydrogens (tertiary/aromatic N) is 3. The van der Waals surface area contributed by atoms with Gasteiger partial charge in [-0.3, -0.25) is 4.90 Å². The van der Waals surface area contributed by atoms with Crippen LogP contribution in [0.5, 0.6) is 0 Å². The molecule has 1 N–H and O–H groups in total. The largest absolute Gasteiger partial charge is 0.372 e. The van der Waals surface area contributed by atoms with Crippen LogP contribution in [-0.2, 0) is 6.54 Å². The third-order valence-corrected chi connectivity index (χ3v) is 4.67. The van der Waals surface area contributed by atoms with Gasteiger partial charge in [0.15, 0.2) is 0 Å². The first kappa shape index (κ1) is 14.2. The molecule has 0 aromatic carbocycles. The molecule has 0 amide bonds. The molecule has 0 spiro atoms. The Labute approximate surface area is 118 Å². The second kappa shape index (κ2) is 5.84. The summed E-state index contributed by atoms with van der Waals surface area (Å²) >= 11 is 1.76. The quantitative estimate of drug-likeness (QED) is 0.912. The number of hydrogen-bond acceptors (Lipinski definition) is 5. The summed E-state index contributed by atoms with van der Waals surface area (Å²) in [5, 5.41) is 4.39. The van der Waals surface area contributed by atoms with Crippen LogP contribution in [0, 0.1) is 13.8 Å². The Kier molecular flexibility index (Phi) is 4.37. The highest BCUT2D eigenvalue weighted by Gasteiger charge is 2.14. The van der Waals surface area contributed by atoms with E-state index < -0.39 is 0 Å². The van der Waals surface area contributed by atoms with Crippen molar-refractivity contribution < 1.29 is 0 Å². The standard InChI is InChI=1S/C14H22N4S/c1-6-18(7-2)8-11-16-13(15-5)12-9(3)10(4)19-14(12)17-11/h6-8H2,1-5H3,(H,15,16,17). The lowest BCUT2D eigenvalue weighted by Gasteiger charge is -2.17. The molecule has 2 aromatic rings. The third-order valence-electron chi connectivity index (χ3n) is 3.57. The monoisotopic (exact) mass is 278 g/mol. The van der Waals surface area contributed by atoms with E-state index in [-0.39, 0.29) is 0 Å². The summed E-state index contributed by atoms with van der Waals surface area (Å²) in [4.78, 5) is 14.1. The average molecular weight is 278 g/mol. The Hall–Kier alpha value is -1.20. The molecule has 0 aliphatic rings. The molecule has 2 rings (SSSR count). The van der Waals surface area contributed by atoms with E-state index in [0.29, 0.717) is 0 Å². The predicted octanol–water partition coefficient (Wildman–Crippen LogP) is 3.19. The van der Waals surface area contributed by atoms with E-state index >= 15 is 0 Å². The number of aromatic nitrogens is 2.